The summed E-state index contributed by atoms with van der Waals surface area (Å²) in [7, 11) is 0. The van der Waals surface area contributed by atoms with Gasteiger partial charge in [-0.3, -0.25) is 4.79 Å². The van der Waals surface area contributed by atoms with Crippen LogP contribution in [0, 0.1) is 5.92 Å². The van der Waals surface area contributed by atoms with Gasteiger partial charge in [-0.1, -0.05) is 60.7 Å². The first-order chi connectivity index (χ1) is 13.2. The number of aliphatic hydroxyl groups is 1. The number of benzene rings is 2. The van der Waals surface area contributed by atoms with Gasteiger partial charge in [0.2, 0.25) is 0 Å². The Hall–Kier alpha value is -2.17. The molecule has 0 aromatic heterocycles. The van der Waals surface area contributed by atoms with Gasteiger partial charge in [0.05, 0.1) is 17.1 Å². The van der Waals surface area contributed by atoms with Crippen LogP contribution in [0.3, 0.4) is 0 Å². The zero-order chi connectivity index (χ0) is 20.4. The van der Waals surface area contributed by atoms with Gasteiger partial charge in [-0.2, -0.15) is 0 Å². The summed E-state index contributed by atoms with van der Waals surface area (Å²) in [4.78, 5) is 11.7. The number of ether oxygens (including phenoxy) is 1. The van der Waals surface area contributed by atoms with Crippen LogP contribution in [0.15, 0.2) is 60.7 Å². The maximum atomic E-state index is 12.0. The molecule has 0 spiro atoms. The van der Waals surface area contributed by atoms with E-state index in [1.165, 1.54) is 0 Å². The predicted molar refractivity (Wildman–Crippen MR) is 109 cm³/mol. The first-order valence-corrected chi connectivity index (χ1v) is 9.88. The normalized spacial score (nSPS) is 24.6. The summed E-state index contributed by atoms with van der Waals surface area (Å²) < 4.78 is 6.41. The van der Waals surface area contributed by atoms with E-state index in [0.717, 1.165) is 11.1 Å². The van der Waals surface area contributed by atoms with E-state index in [0.29, 0.717) is 25.7 Å². The Morgan fingerprint density at radius 3 is 1.86 bits per heavy atom. The zero-order valence-electron chi connectivity index (χ0n) is 16.9. The van der Waals surface area contributed by atoms with Crippen LogP contribution in [0.4, 0.5) is 0 Å². The predicted octanol–water partition coefficient (Wildman–Crippen LogP) is 4.25. The van der Waals surface area contributed by atoms with Crippen LogP contribution in [-0.4, -0.2) is 33.0 Å². The van der Waals surface area contributed by atoms with Crippen molar-refractivity contribution in [1.82, 2.24) is 0 Å². The van der Waals surface area contributed by atoms with Crippen LogP contribution in [0.2, 0.25) is 0 Å². The lowest BCUT2D eigenvalue weighted by atomic mass is 9.68. The van der Waals surface area contributed by atoms with Crippen molar-refractivity contribution >= 4 is 5.97 Å². The molecule has 0 aliphatic carbocycles. The van der Waals surface area contributed by atoms with E-state index < -0.39 is 28.7 Å². The quantitative estimate of drug-likeness (QED) is 0.784. The van der Waals surface area contributed by atoms with E-state index in [2.05, 4.69) is 0 Å². The third kappa shape index (κ3) is 4.13. The summed E-state index contributed by atoms with van der Waals surface area (Å²) in [5, 5.41) is 21.6. The molecular formula is C24H30O4. The number of carboxylic acids is 1. The lowest BCUT2D eigenvalue weighted by Crippen LogP contribution is -2.64. The van der Waals surface area contributed by atoms with E-state index in [4.69, 9.17) is 4.74 Å². The van der Waals surface area contributed by atoms with Crippen LogP contribution < -0.4 is 0 Å². The SMILES string of the molecule is CC1(C)O[C@@](C)(C(O)(Cc2ccccc2)Cc2ccccc2)CC[C@H]1C(=O)O. The number of rotatable bonds is 6. The standard InChI is InChI=1S/C24H30O4/c1-22(2)20(21(25)26)14-15-23(3,28-22)24(27,16-18-10-6-4-7-11-18)17-19-12-8-5-9-13-19/h4-13,20,27H,14-17H2,1-3H3,(H,25,26)/t20-,23+/m0/s1. The van der Waals surface area contributed by atoms with Crippen molar-refractivity contribution in [2.45, 2.75) is 63.3 Å². The Morgan fingerprint density at radius 2 is 1.46 bits per heavy atom. The average Bonchev–Trinajstić information content (AvgIpc) is 2.62. The Bertz CT molecular complexity index is 758. The van der Waals surface area contributed by atoms with Gasteiger partial charge in [0.25, 0.3) is 0 Å². The van der Waals surface area contributed by atoms with Gasteiger partial charge in [-0.05, 0) is 44.7 Å². The molecule has 4 heteroatoms. The van der Waals surface area contributed by atoms with Crippen LogP contribution in [0.5, 0.6) is 0 Å². The fourth-order valence-corrected chi connectivity index (χ4v) is 4.52. The molecule has 0 saturated carbocycles. The Balaban J connectivity index is 1.97. The summed E-state index contributed by atoms with van der Waals surface area (Å²) in [5.74, 6) is -1.43. The molecule has 3 rings (SSSR count). The van der Waals surface area contributed by atoms with Crippen molar-refractivity contribution in [2.24, 2.45) is 5.92 Å². The number of hydrogen-bond acceptors (Lipinski definition) is 3. The highest BCUT2D eigenvalue weighted by atomic mass is 16.5. The monoisotopic (exact) mass is 382 g/mol. The van der Waals surface area contributed by atoms with Gasteiger partial charge in [-0.25, -0.2) is 0 Å². The third-order valence-corrected chi connectivity index (χ3v) is 6.20. The van der Waals surface area contributed by atoms with E-state index in [1.54, 1.807) is 0 Å². The van der Waals surface area contributed by atoms with E-state index >= 15 is 0 Å². The third-order valence-electron chi connectivity index (χ3n) is 6.20. The van der Waals surface area contributed by atoms with Gasteiger partial charge in [0.1, 0.15) is 5.60 Å². The number of aliphatic carboxylic acids is 1. The molecule has 2 aromatic rings. The largest absolute Gasteiger partial charge is 0.481 e. The highest BCUT2D eigenvalue weighted by molar-refractivity contribution is 5.71. The van der Waals surface area contributed by atoms with Crippen LogP contribution in [0.25, 0.3) is 0 Å². The van der Waals surface area contributed by atoms with Crippen molar-refractivity contribution in [3.8, 4) is 0 Å². The molecule has 0 amide bonds. The molecular weight excluding hydrogens is 352 g/mol. The van der Waals surface area contributed by atoms with Crippen LogP contribution in [-0.2, 0) is 22.4 Å². The first-order valence-electron chi connectivity index (χ1n) is 9.88. The average molecular weight is 383 g/mol. The fraction of sp³-hybridized carbons (Fsp3) is 0.458. The van der Waals surface area contributed by atoms with Crippen molar-refractivity contribution in [3.63, 3.8) is 0 Å². The number of carboxylic acid groups (broad SMARTS) is 1. The second-order valence-corrected chi connectivity index (χ2v) is 8.72. The van der Waals surface area contributed by atoms with Gasteiger partial charge in [0, 0.05) is 12.8 Å². The molecule has 1 aliphatic heterocycles. The van der Waals surface area contributed by atoms with Gasteiger partial charge in [0.15, 0.2) is 0 Å². The molecule has 1 saturated heterocycles. The molecule has 1 aliphatic rings. The summed E-state index contributed by atoms with van der Waals surface area (Å²) in [5.41, 5.74) is -0.835. The van der Waals surface area contributed by atoms with Crippen molar-refractivity contribution in [2.75, 3.05) is 0 Å². The van der Waals surface area contributed by atoms with E-state index in [-0.39, 0.29) is 0 Å². The summed E-state index contributed by atoms with van der Waals surface area (Å²) in [6, 6.07) is 19.8. The number of carbonyl (C=O) groups is 1. The summed E-state index contributed by atoms with van der Waals surface area (Å²) in [6.45, 7) is 5.56. The molecule has 150 valence electrons. The zero-order valence-corrected chi connectivity index (χ0v) is 16.9. The van der Waals surface area contributed by atoms with Crippen LogP contribution in [0.1, 0.15) is 44.7 Å². The van der Waals surface area contributed by atoms with Crippen molar-refractivity contribution < 1.29 is 19.7 Å². The van der Waals surface area contributed by atoms with Gasteiger partial charge >= 0.3 is 5.97 Å². The molecule has 1 fully saturated rings. The van der Waals surface area contributed by atoms with Crippen molar-refractivity contribution in [3.05, 3.63) is 71.8 Å². The lowest BCUT2D eigenvalue weighted by Gasteiger charge is -2.54. The second kappa shape index (κ2) is 7.69. The Kier molecular flexibility index (Phi) is 5.64. The molecule has 2 N–H and O–H groups in total. The molecule has 0 bridgehead atoms. The molecule has 2 aromatic carbocycles. The molecule has 2 atom stereocenters. The first kappa shape index (κ1) is 20.6. The van der Waals surface area contributed by atoms with E-state index in [1.807, 2.05) is 81.4 Å². The smallest absolute Gasteiger partial charge is 0.309 e. The summed E-state index contributed by atoms with van der Waals surface area (Å²) in [6.07, 6.45) is 1.84. The van der Waals surface area contributed by atoms with Gasteiger partial charge in [-0.15, -0.1) is 0 Å². The lowest BCUT2D eigenvalue weighted by molar-refractivity contribution is -0.263. The second-order valence-electron chi connectivity index (χ2n) is 8.72. The molecule has 0 unspecified atom stereocenters. The minimum absolute atomic E-state index is 0.438. The molecule has 4 nitrogen and oxygen atoms in total. The van der Waals surface area contributed by atoms with Crippen molar-refractivity contribution in [1.29, 1.82) is 0 Å². The topological polar surface area (TPSA) is 66.8 Å². The fourth-order valence-electron chi connectivity index (χ4n) is 4.52. The van der Waals surface area contributed by atoms with Gasteiger partial charge < -0.3 is 14.9 Å². The molecule has 0 radical (unpaired) electrons. The van der Waals surface area contributed by atoms with E-state index in [9.17, 15) is 15.0 Å². The molecule has 28 heavy (non-hydrogen) atoms. The minimum Gasteiger partial charge on any atom is -0.481 e. The highest BCUT2D eigenvalue weighted by Gasteiger charge is 2.56. The Labute approximate surface area is 167 Å². The Morgan fingerprint density at radius 1 is 1.00 bits per heavy atom. The maximum Gasteiger partial charge on any atom is 0.309 e. The highest BCUT2D eigenvalue weighted by Crippen LogP contribution is 2.46. The molecule has 1 heterocycles. The number of hydrogen-bond donors (Lipinski definition) is 2. The minimum atomic E-state index is -1.17. The summed E-state index contributed by atoms with van der Waals surface area (Å²) >= 11 is 0. The maximum absolute atomic E-state index is 12.0. The van der Waals surface area contributed by atoms with Crippen LogP contribution >= 0.6 is 0 Å².